The van der Waals surface area contributed by atoms with Crippen LogP contribution in [-0.4, -0.2) is 152 Å². The first-order valence-electron chi connectivity index (χ1n) is 26.2. The number of amides is 11. The number of primary amides is 2. The lowest BCUT2D eigenvalue weighted by atomic mass is 10.0. The third kappa shape index (κ3) is 21.5. The summed E-state index contributed by atoms with van der Waals surface area (Å²) in [5.74, 6) is -2.69. The third-order valence-corrected chi connectivity index (χ3v) is 13.2. The maximum atomic E-state index is 14.2. The summed E-state index contributed by atoms with van der Waals surface area (Å²) in [5.41, 5.74) is 15.3. The van der Waals surface area contributed by atoms with Crippen molar-refractivity contribution in [2.75, 3.05) is 30.5 Å². The van der Waals surface area contributed by atoms with Gasteiger partial charge in [-0.3, -0.25) is 52.7 Å². The zero-order valence-corrected chi connectivity index (χ0v) is 46.9. The summed E-state index contributed by atoms with van der Waals surface area (Å²) >= 11 is 1.46. The van der Waals surface area contributed by atoms with E-state index in [1.165, 1.54) is 49.5 Å². The van der Waals surface area contributed by atoms with Crippen molar-refractivity contribution in [3.63, 3.8) is 0 Å². The molecule has 11 amide bonds. The van der Waals surface area contributed by atoms with Gasteiger partial charge in [-0.05, 0) is 73.8 Å². The SMILES string of the molecule is CSCC[C@H](NC(=O)[C@H](CC(C)C)NC(=O)[C@H](Cc1cnc[nH]1)NC(=O)CNC(=O)[C@@H](NC(=O)[C@H](C)NC(=O)[C@H](Cc1c[nH]c2ccccc12)NC(=O)[C@H](CCC(N)=O)NC(=O)CCNC(=O)c1ccc(NN)nc1)C(C)C)C(N)=O. The summed E-state index contributed by atoms with van der Waals surface area (Å²) in [5, 5.41) is 24.1. The fourth-order valence-electron chi connectivity index (χ4n) is 8.14. The van der Waals surface area contributed by atoms with Crippen LogP contribution in [0.25, 0.3) is 10.9 Å². The van der Waals surface area contributed by atoms with Gasteiger partial charge in [0.25, 0.3) is 5.91 Å². The molecule has 440 valence electrons. The number of pyridine rings is 1. The second-order valence-corrected chi connectivity index (χ2v) is 20.8. The van der Waals surface area contributed by atoms with Gasteiger partial charge in [-0.1, -0.05) is 45.9 Å². The number of nitrogens with one attached hydrogen (secondary N) is 12. The van der Waals surface area contributed by atoms with E-state index in [0.717, 1.165) is 10.9 Å². The van der Waals surface area contributed by atoms with Crippen molar-refractivity contribution in [2.24, 2.45) is 29.1 Å². The number of aromatic nitrogens is 4. The summed E-state index contributed by atoms with van der Waals surface area (Å²) in [7, 11) is 0. The van der Waals surface area contributed by atoms with Crippen LogP contribution < -0.4 is 70.6 Å². The van der Waals surface area contributed by atoms with E-state index in [-0.39, 0.29) is 63.0 Å². The van der Waals surface area contributed by atoms with Crippen molar-refractivity contribution in [3.05, 3.63) is 78.1 Å². The first-order chi connectivity index (χ1) is 38.5. The van der Waals surface area contributed by atoms with Gasteiger partial charge in [0.05, 0.1) is 18.4 Å². The molecule has 0 radical (unpaired) electrons. The van der Waals surface area contributed by atoms with Crippen LogP contribution in [0.3, 0.4) is 0 Å². The predicted octanol–water partition coefficient (Wildman–Crippen LogP) is -2.09. The minimum Gasteiger partial charge on any atom is -0.370 e. The predicted molar refractivity (Wildman–Crippen MR) is 300 cm³/mol. The Hall–Kier alpha value is -8.60. The molecule has 0 saturated heterocycles. The maximum absolute atomic E-state index is 14.2. The van der Waals surface area contributed by atoms with E-state index in [9.17, 15) is 52.7 Å². The number of nitrogen functional groups attached to an aromatic ring is 1. The standard InChI is InChI=1S/C52H75N17O11S/c1-27(2)19-37(50(78)65-35(45(54)73)16-18-81-6)66-51(79)39(21-32-24-56-26-61-32)64-43(72)25-60-52(80)44(28(3)4)68-46(74)29(5)62-49(77)38(20-31-23-58-34-10-8-7-9-33(31)34)67-48(76)36(12-13-40(53)70)63-42(71)15-17-57-47(75)30-11-14-41(69-55)59-22-30/h7-11,14,22-24,26-29,35-39,44,58H,12-13,15-21,25,55H2,1-6H3,(H2,53,70)(H2,54,73)(H,56,61)(H,57,75)(H,59,69)(H,60,80)(H,62,77)(H,63,71)(H,64,72)(H,65,78)(H,66,79)(H,67,76)(H,68,74)/t29-,35-,36-,37-,38-,39-,44-/m0/s1. The molecule has 4 aromatic rings. The molecule has 4 rings (SSSR count). The van der Waals surface area contributed by atoms with Gasteiger partial charge in [0.15, 0.2) is 0 Å². The first kappa shape index (κ1) is 64.9. The number of hydrazine groups is 1. The fraction of sp³-hybridized carbons (Fsp3) is 0.481. The Morgan fingerprint density at radius 2 is 1.30 bits per heavy atom. The molecule has 0 saturated carbocycles. The highest BCUT2D eigenvalue weighted by atomic mass is 32.2. The summed E-state index contributed by atoms with van der Waals surface area (Å²) in [6.45, 7) is 7.48. The number of carbonyl (C=O) groups excluding carboxylic acids is 11. The number of H-pyrrole nitrogens is 2. The van der Waals surface area contributed by atoms with Gasteiger partial charge in [0, 0.05) is 67.4 Å². The van der Waals surface area contributed by atoms with E-state index in [0.29, 0.717) is 22.8 Å². The van der Waals surface area contributed by atoms with E-state index < -0.39 is 120 Å². The lowest BCUT2D eigenvalue weighted by Crippen LogP contribution is -2.59. The number of hydrogen-bond acceptors (Lipinski definition) is 16. The normalized spacial score (nSPS) is 13.7. The first-order valence-corrected chi connectivity index (χ1v) is 27.6. The number of nitrogens with two attached hydrogens (primary N) is 3. The molecular weight excluding hydrogens is 1070 g/mol. The summed E-state index contributed by atoms with van der Waals surface area (Å²) in [4.78, 5) is 160. The molecular formula is C52H75N17O11S. The van der Waals surface area contributed by atoms with Gasteiger partial charge in [0.2, 0.25) is 59.1 Å². The molecule has 1 aromatic carbocycles. The van der Waals surface area contributed by atoms with Crippen molar-refractivity contribution in [2.45, 2.75) is 122 Å². The molecule has 81 heavy (non-hydrogen) atoms. The van der Waals surface area contributed by atoms with E-state index >= 15 is 0 Å². The van der Waals surface area contributed by atoms with Crippen molar-refractivity contribution < 1.29 is 52.7 Å². The average Bonchev–Trinajstić information content (AvgIpc) is 4.13. The number of carbonyl (C=O) groups is 11. The minimum absolute atomic E-state index is 0.0857. The molecule has 18 N–H and O–H groups in total. The van der Waals surface area contributed by atoms with Gasteiger partial charge >= 0.3 is 0 Å². The van der Waals surface area contributed by atoms with Crippen LogP contribution in [0.2, 0.25) is 0 Å². The van der Waals surface area contributed by atoms with Crippen molar-refractivity contribution in [1.29, 1.82) is 0 Å². The number of rotatable bonds is 34. The number of thioether (sulfide) groups is 1. The van der Waals surface area contributed by atoms with Crippen molar-refractivity contribution in [1.82, 2.24) is 67.8 Å². The number of anilines is 1. The maximum Gasteiger partial charge on any atom is 0.252 e. The molecule has 29 heteroatoms. The number of para-hydroxylation sites is 1. The second-order valence-electron chi connectivity index (χ2n) is 19.8. The van der Waals surface area contributed by atoms with Crippen LogP contribution >= 0.6 is 11.8 Å². The lowest BCUT2D eigenvalue weighted by Gasteiger charge is -2.26. The highest BCUT2D eigenvalue weighted by Gasteiger charge is 2.34. The number of nitrogens with zero attached hydrogens (tertiary/aromatic N) is 2. The third-order valence-electron chi connectivity index (χ3n) is 12.5. The fourth-order valence-corrected chi connectivity index (χ4v) is 8.61. The number of aromatic amines is 2. The monoisotopic (exact) mass is 1150 g/mol. The summed E-state index contributed by atoms with van der Waals surface area (Å²) in [6.07, 6.45) is 6.94. The molecule has 0 fully saturated rings. The largest absolute Gasteiger partial charge is 0.370 e. The van der Waals surface area contributed by atoms with Gasteiger partial charge in [-0.15, -0.1) is 0 Å². The quantitative estimate of drug-likeness (QED) is 0.0176. The van der Waals surface area contributed by atoms with Gasteiger partial charge in [-0.2, -0.15) is 11.8 Å². The zero-order chi connectivity index (χ0) is 59.8. The highest BCUT2D eigenvalue weighted by molar-refractivity contribution is 7.98. The van der Waals surface area contributed by atoms with Crippen LogP contribution in [0.1, 0.15) is 88.3 Å². The van der Waals surface area contributed by atoms with Crippen LogP contribution in [0.5, 0.6) is 0 Å². The van der Waals surface area contributed by atoms with Crippen LogP contribution in [0, 0.1) is 11.8 Å². The molecule has 0 aliphatic rings. The van der Waals surface area contributed by atoms with Crippen LogP contribution in [0.15, 0.2) is 61.3 Å². The summed E-state index contributed by atoms with van der Waals surface area (Å²) < 4.78 is 0. The number of hydrogen-bond donors (Lipinski definition) is 15. The van der Waals surface area contributed by atoms with Gasteiger partial charge in [-0.25, -0.2) is 15.8 Å². The lowest BCUT2D eigenvalue weighted by molar-refractivity contribution is -0.135. The van der Waals surface area contributed by atoms with Crippen molar-refractivity contribution >= 4 is 93.5 Å². The number of imidazole rings is 1. The molecule has 0 aliphatic carbocycles. The smallest absolute Gasteiger partial charge is 0.252 e. The minimum atomic E-state index is -1.39. The van der Waals surface area contributed by atoms with Gasteiger partial charge < -0.3 is 74.7 Å². The van der Waals surface area contributed by atoms with E-state index in [4.69, 9.17) is 17.3 Å². The van der Waals surface area contributed by atoms with E-state index in [2.05, 4.69) is 73.2 Å². The Bertz CT molecular complexity index is 2810. The number of benzene rings is 1. The van der Waals surface area contributed by atoms with E-state index in [1.807, 2.05) is 26.2 Å². The average molecular weight is 1150 g/mol. The number of fused-ring (bicyclic) bond motifs is 1. The Morgan fingerprint density at radius 3 is 1.93 bits per heavy atom. The topological polar surface area (TPSA) is 443 Å². The summed E-state index contributed by atoms with van der Waals surface area (Å²) in [6, 6.07) is 1.39. The molecule has 0 bridgehead atoms. The molecule has 3 heterocycles. The van der Waals surface area contributed by atoms with Gasteiger partial charge in [0.1, 0.15) is 48.1 Å². The Labute approximate surface area is 472 Å². The second kappa shape index (κ2) is 32.5. The van der Waals surface area contributed by atoms with E-state index in [1.54, 1.807) is 38.2 Å². The molecule has 0 spiro atoms. The Kier molecular flexibility index (Phi) is 26.0. The molecule has 3 aromatic heterocycles. The van der Waals surface area contributed by atoms with Crippen LogP contribution in [-0.2, 0) is 60.8 Å². The Balaban J connectivity index is 1.43. The Morgan fingerprint density at radius 1 is 0.642 bits per heavy atom. The molecule has 0 unspecified atom stereocenters. The molecule has 7 atom stereocenters. The molecule has 28 nitrogen and oxygen atoms in total. The highest BCUT2D eigenvalue weighted by Crippen LogP contribution is 2.20. The molecule has 0 aliphatic heterocycles. The van der Waals surface area contributed by atoms with Crippen molar-refractivity contribution in [3.8, 4) is 0 Å². The zero-order valence-electron chi connectivity index (χ0n) is 46.1. The van der Waals surface area contributed by atoms with Crippen LogP contribution in [0.4, 0.5) is 5.82 Å².